The predicted octanol–water partition coefficient (Wildman–Crippen LogP) is 8.03. The van der Waals surface area contributed by atoms with Crippen LogP contribution in [-0.4, -0.2) is 6.11 Å². The molecule has 0 radical (unpaired) electrons. The molecule has 2 fully saturated rings. The maximum absolute atomic E-state index is 14.3. The van der Waals surface area contributed by atoms with Gasteiger partial charge in [-0.3, -0.25) is 0 Å². The molecule has 2 aliphatic rings. The van der Waals surface area contributed by atoms with E-state index >= 15 is 0 Å². The lowest BCUT2D eigenvalue weighted by molar-refractivity contribution is -0.256. The molecule has 0 atom stereocenters. The maximum Gasteiger partial charge on any atom is 0.356 e. The van der Waals surface area contributed by atoms with Crippen LogP contribution in [0.2, 0.25) is 0 Å². The molecule has 1 aromatic rings. The van der Waals surface area contributed by atoms with Crippen molar-refractivity contribution in [1.29, 1.82) is 0 Å². The molecule has 0 amide bonds. The Kier molecular flexibility index (Phi) is 8.06. The van der Waals surface area contributed by atoms with Gasteiger partial charge in [-0.25, -0.2) is 0 Å². The Balaban J connectivity index is 1.43. The summed E-state index contributed by atoms with van der Waals surface area (Å²) in [6.07, 6.45) is 11.7. The van der Waals surface area contributed by atoms with Crippen molar-refractivity contribution in [3.63, 3.8) is 0 Å². The molecule has 0 saturated heterocycles. The molecule has 2 aliphatic carbocycles. The number of hydrogen-bond donors (Lipinski definition) is 0. The lowest BCUT2D eigenvalue weighted by atomic mass is 9.79. The van der Waals surface area contributed by atoms with Crippen LogP contribution in [0.25, 0.3) is 0 Å². The smallest absolute Gasteiger partial charge is 0.316 e. The molecule has 3 rings (SSSR count). The van der Waals surface area contributed by atoms with E-state index in [4.69, 9.17) is 4.74 Å². The zero-order valence-electron chi connectivity index (χ0n) is 17.8. The number of ether oxygens (including phenoxy) is 1. The second-order valence-electron chi connectivity index (χ2n) is 9.03. The van der Waals surface area contributed by atoms with Crippen molar-refractivity contribution in [1.82, 2.24) is 0 Å². The zero-order valence-corrected chi connectivity index (χ0v) is 17.8. The Morgan fingerprint density at radius 3 is 2.17 bits per heavy atom. The molecule has 0 spiro atoms. The van der Waals surface area contributed by atoms with Crippen molar-refractivity contribution in [2.45, 2.75) is 83.3 Å². The van der Waals surface area contributed by atoms with Gasteiger partial charge in [0.15, 0.2) is 0 Å². The SMILES string of the molecule is C=C[C@H]1CC[C@H](c2ccc(COC(F)(F)C[C@H]3CC[C@H](/C=C/C)CC3)cc2)CC1. The van der Waals surface area contributed by atoms with E-state index in [9.17, 15) is 8.78 Å². The quantitative estimate of drug-likeness (QED) is 0.400. The monoisotopic (exact) mass is 402 g/mol. The number of benzene rings is 1. The maximum atomic E-state index is 14.3. The average Bonchev–Trinajstić information content (AvgIpc) is 2.74. The molecular formula is C26H36F2O. The highest BCUT2D eigenvalue weighted by molar-refractivity contribution is 5.25. The molecule has 160 valence electrons. The molecule has 29 heavy (non-hydrogen) atoms. The van der Waals surface area contributed by atoms with Crippen LogP contribution in [-0.2, 0) is 11.3 Å². The molecule has 0 aromatic heterocycles. The molecule has 1 nitrogen and oxygen atoms in total. The number of hydrogen-bond acceptors (Lipinski definition) is 1. The molecule has 0 unspecified atom stereocenters. The third-order valence-electron chi connectivity index (χ3n) is 6.89. The molecule has 1 aromatic carbocycles. The summed E-state index contributed by atoms with van der Waals surface area (Å²) < 4.78 is 33.7. The summed E-state index contributed by atoms with van der Waals surface area (Å²) in [6, 6.07) is 8.09. The van der Waals surface area contributed by atoms with E-state index in [-0.39, 0.29) is 18.9 Å². The molecule has 0 aliphatic heterocycles. The van der Waals surface area contributed by atoms with Crippen LogP contribution in [0.5, 0.6) is 0 Å². The van der Waals surface area contributed by atoms with Crippen LogP contribution in [0, 0.1) is 17.8 Å². The molecule has 3 heteroatoms. The lowest BCUT2D eigenvalue weighted by Crippen LogP contribution is -2.26. The first-order valence-corrected chi connectivity index (χ1v) is 11.3. The number of halogens is 2. The summed E-state index contributed by atoms with van der Waals surface area (Å²) in [7, 11) is 0. The van der Waals surface area contributed by atoms with Gasteiger partial charge in [-0.2, -0.15) is 8.78 Å². The fraction of sp³-hybridized carbons (Fsp3) is 0.615. The summed E-state index contributed by atoms with van der Waals surface area (Å²) in [6.45, 7) is 5.90. The van der Waals surface area contributed by atoms with Gasteiger partial charge >= 0.3 is 6.11 Å². The van der Waals surface area contributed by atoms with Gasteiger partial charge < -0.3 is 4.74 Å². The van der Waals surface area contributed by atoms with Crippen LogP contribution < -0.4 is 0 Å². The van der Waals surface area contributed by atoms with Crippen molar-refractivity contribution >= 4 is 0 Å². The van der Waals surface area contributed by atoms with Gasteiger partial charge in [0.2, 0.25) is 0 Å². The highest BCUT2D eigenvalue weighted by Gasteiger charge is 2.35. The number of rotatable bonds is 8. The average molecular weight is 403 g/mol. The van der Waals surface area contributed by atoms with Gasteiger partial charge in [0.1, 0.15) is 0 Å². The Hall–Kier alpha value is -1.48. The van der Waals surface area contributed by atoms with Gasteiger partial charge in [-0.15, -0.1) is 6.58 Å². The standard InChI is InChI=1S/C26H36F2O/c1-3-5-21-6-8-22(9-7-21)18-26(27,28)29-19-23-12-16-25(17-13-23)24-14-10-20(4-2)11-15-24/h3-5,12-13,16-17,20-22,24H,2,6-11,14-15,18-19H2,1H3/b5-3+/t20-,21-,22-,24-. The van der Waals surface area contributed by atoms with E-state index in [0.717, 1.165) is 31.2 Å². The summed E-state index contributed by atoms with van der Waals surface area (Å²) in [5.41, 5.74) is 2.14. The van der Waals surface area contributed by atoms with E-state index in [2.05, 4.69) is 36.9 Å². The number of allylic oxidation sites excluding steroid dienone is 3. The second kappa shape index (κ2) is 10.5. The van der Waals surface area contributed by atoms with Crippen molar-refractivity contribution in [3.8, 4) is 0 Å². The van der Waals surface area contributed by atoms with Crippen LogP contribution >= 0.6 is 0 Å². The van der Waals surface area contributed by atoms with E-state index in [1.807, 2.05) is 19.1 Å². The first-order chi connectivity index (χ1) is 14.0. The topological polar surface area (TPSA) is 9.23 Å². The van der Waals surface area contributed by atoms with Gasteiger partial charge in [-0.05, 0) is 93.1 Å². The summed E-state index contributed by atoms with van der Waals surface area (Å²) >= 11 is 0. The van der Waals surface area contributed by atoms with Crippen LogP contribution in [0.3, 0.4) is 0 Å². The largest absolute Gasteiger partial charge is 0.356 e. The first-order valence-electron chi connectivity index (χ1n) is 11.3. The minimum Gasteiger partial charge on any atom is -0.316 e. The predicted molar refractivity (Wildman–Crippen MR) is 116 cm³/mol. The van der Waals surface area contributed by atoms with Crippen LogP contribution in [0.4, 0.5) is 8.78 Å². The molecule has 0 N–H and O–H groups in total. The van der Waals surface area contributed by atoms with Crippen molar-refractivity contribution in [2.24, 2.45) is 17.8 Å². The second-order valence-corrected chi connectivity index (χ2v) is 9.03. The van der Waals surface area contributed by atoms with Gasteiger partial charge in [0, 0.05) is 6.42 Å². The Bertz CT molecular complexity index is 648. The summed E-state index contributed by atoms with van der Waals surface area (Å²) in [5.74, 6) is 1.87. The first kappa shape index (κ1) is 22.2. The summed E-state index contributed by atoms with van der Waals surface area (Å²) in [4.78, 5) is 0. The Labute approximate surface area is 175 Å². The minimum absolute atomic E-state index is 0.0234. The molecule has 0 heterocycles. The van der Waals surface area contributed by atoms with Crippen molar-refractivity contribution in [3.05, 3.63) is 60.2 Å². The van der Waals surface area contributed by atoms with E-state index in [1.54, 1.807) is 0 Å². The van der Waals surface area contributed by atoms with E-state index in [0.29, 0.717) is 17.8 Å². The Morgan fingerprint density at radius 2 is 1.59 bits per heavy atom. The number of alkyl halides is 2. The molecule has 2 saturated carbocycles. The summed E-state index contributed by atoms with van der Waals surface area (Å²) in [5, 5.41) is 0. The third-order valence-corrected chi connectivity index (χ3v) is 6.89. The van der Waals surface area contributed by atoms with Gasteiger partial charge in [0.25, 0.3) is 0 Å². The van der Waals surface area contributed by atoms with Crippen LogP contribution in [0.15, 0.2) is 49.1 Å². The normalized spacial score (nSPS) is 28.5. The minimum atomic E-state index is -3.04. The third kappa shape index (κ3) is 6.77. The van der Waals surface area contributed by atoms with Crippen LogP contribution in [0.1, 0.15) is 81.8 Å². The van der Waals surface area contributed by atoms with E-state index < -0.39 is 6.11 Å². The van der Waals surface area contributed by atoms with Gasteiger partial charge in [-0.1, -0.05) is 42.5 Å². The highest BCUT2D eigenvalue weighted by Crippen LogP contribution is 2.38. The lowest BCUT2D eigenvalue weighted by Gasteiger charge is -2.29. The Morgan fingerprint density at radius 1 is 0.966 bits per heavy atom. The highest BCUT2D eigenvalue weighted by atomic mass is 19.3. The fourth-order valence-electron chi connectivity index (χ4n) is 5.02. The zero-order chi connectivity index (χ0) is 20.7. The van der Waals surface area contributed by atoms with E-state index in [1.165, 1.54) is 31.2 Å². The molecular weight excluding hydrogens is 366 g/mol. The fourth-order valence-corrected chi connectivity index (χ4v) is 5.02. The van der Waals surface area contributed by atoms with Crippen molar-refractivity contribution < 1.29 is 13.5 Å². The molecule has 0 bridgehead atoms. The van der Waals surface area contributed by atoms with Crippen molar-refractivity contribution in [2.75, 3.05) is 0 Å². The van der Waals surface area contributed by atoms with Gasteiger partial charge in [0.05, 0.1) is 6.61 Å².